The van der Waals surface area contributed by atoms with Gasteiger partial charge >= 0.3 is 0 Å². The average Bonchev–Trinajstić information content (AvgIpc) is 2.48. The number of rotatable bonds is 5. The highest BCUT2D eigenvalue weighted by Gasteiger charge is 2.23. The Hall–Kier alpha value is -1.95. The molecule has 3 nitrogen and oxygen atoms in total. The molecule has 0 bridgehead atoms. The summed E-state index contributed by atoms with van der Waals surface area (Å²) in [6.07, 6.45) is 3.86. The van der Waals surface area contributed by atoms with E-state index >= 15 is 0 Å². The van der Waals surface area contributed by atoms with E-state index in [9.17, 15) is 13.2 Å². The summed E-state index contributed by atoms with van der Waals surface area (Å²) in [5, 5.41) is 3.08. The standard InChI is InChI=1S/C15H16F3N3/c1-3-6-19-15(12-8-20-9(2)7-21-12)10-4-5-11(16)14(18)13(10)17/h4-5,7-8,15,19H,3,6H2,1-2H3. The van der Waals surface area contributed by atoms with Crippen molar-refractivity contribution in [1.29, 1.82) is 0 Å². The molecular weight excluding hydrogens is 279 g/mol. The van der Waals surface area contributed by atoms with Gasteiger partial charge in [-0.1, -0.05) is 13.0 Å². The van der Waals surface area contributed by atoms with Crippen molar-refractivity contribution in [2.45, 2.75) is 26.3 Å². The van der Waals surface area contributed by atoms with Crippen molar-refractivity contribution in [2.24, 2.45) is 0 Å². The molecule has 1 unspecified atom stereocenters. The van der Waals surface area contributed by atoms with Crippen LogP contribution in [0.5, 0.6) is 0 Å². The maximum Gasteiger partial charge on any atom is 0.194 e. The molecule has 0 aliphatic carbocycles. The monoisotopic (exact) mass is 295 g/mol. The van der Waals surface area contributed by atoms with Crippen molar-refractivity contribution in [3.05, 3.63) is 58.9 Å². The van der Waals surface area contributed by atoms with Crippen molar-refractivity contribution >= 4 is 0 Å². The molecule has 0 radical (unpaired) electrons. The number of hydrogen-bond donors (Lipinski definition) is 1. The van der Waals surface area contributed by atoms with Gasteiger partial charge in [-0.05, 0) is 26.0 Å². The van der Waals surface area contributed by atoms with E-state index in [1.165, 1.54) is 12.3 Å². The van der Waals surface area contributed by atoms with E-state index in [2.05, 4.69) is 15.3 Å². The molecule has 1 aromatic carbocycles. The van der Waals surface area contributed by atoms with E-state index in [0.717, 1.165) is 18.2 Å². The van der Waals surface area contributed by atoms with E-state index < -0.39 is 23.5 Å². The number of halogens is 3. The van der Waals surface area contributed by atoms with E-state index in [4.69, 9.17) is 0 Å². The summed E-state index contributed by atoms with van der Waals surface area (Å²) in [6.45, 7) is 4.31. The second-order valence-electron chi connectivity index (χ2n) is 4.73. The van der Waals surface area contributed by atoms with Crippen LogP contribution in [0.2, 0.25) is 0 Å². The quantitative estimate of drug-likeness (QED) is 0.860. The predicted molar refractivity (Wildman–Crippen MR) is 73.2 cm³/mol. The number of aryl methyl sites for hydroxylation is 1. The van der Waals surface area contributed by atoms with Crippen LogP contribution < -0.4 is 5.32 Å². The van der Waals surface area contributed by atoms with Gasteiger partial charge in [-0.2, -0.15) is 0 Å². The van der Waals surface area contributed by atoms with Gasteiger partial charge < -0.3 is 5.32 Å². The minimum Gasteiger partial charge on any atom is -0.305 e. The zero-order valence-corrected chi connectivity index (χ0v) is 11.8. The number of hydrogen-bond acceptors (Lipinski definition) is 3. The lowest BCUT2D eigenvalue weighted by molar-refractivity contribution is 0.431. The largest absolute Gasteiger partial charge is 0.305 e. The van der Waals surface area contributed by atoms with Crippen molar-refractivity contribution in [3.63, 3.8) is 0 Å². The summed E-state index contributed by atoms with van der Waals surface area (Å²) in [6, 6.07) is 1.46. The molecule has 21 heavy (non-hydrogen) atoms. The van der Waals surface area contributed by atoms with E-state index in [1.807, 2.05) is 6.92 Å². The first-order valence-corrected chi connectivity index (χ1v) is 6.70. The minimum atomic E-state index is -1.48. The number of nitrogens with one attached hydrogen (secondary N) is 1. The Bertz CT molecular complexity index is 614. The Morgan fingerprint density at radius 2 is 1.86 bits per heavy atom. The van der Waals surface area contributed by atoms with Crippen molar-refractivity contribution in [3.8, 4) is 0 Å². The summed E-state index contributed by atoms with van der Waals surface area (Å²) in [4.78, 5) is 8.30. The van der Waals surface area contributed by atoms with Crippen LogP contribution >= 0.6 is 0 Å². The zero-order chi connectivity index (χ0) is 15.4. The average molecular weight is 295 g/mol. The first-order valence-electron chi connectivity index (χ1n) is 6.70. The Morgan fingerprint density at radius 3 is 2.48 bits per heavy atom. The number of nitrogens with zero attached hydrogens (tertiary/aromatic N) is 2. The molecule has 2 aromatic rings. The molecule has 0 spiro atoms. The molecule has 6 heteroatoms. The lowest BCUT2D eigenvalue weighted by Crippen LogP contribution is -2.25. The van der Waals surface area contributed by atoms with Gasteiger partial charge in [0.05, 0.1) is 23.6 Å². The van der Waals surface area contributed by atoms with Crippen molar-refractivity contribution in [2.75, 3.05) is 6.54 Å². The van der Waals surface area contributed by atoms with Gasteiger partial charge in [0.15, 0.2) is 17.5 Å². The highest BCUT2D eigenvalue weighted by atomic mass is 19.2. The zero-order valence-electron chi connectivity index (χ0n) is 11.8. The number of aromatic nitrogens is 2. The predicted octanol–water partition coefficient (Wildman–Crippen LogP) is 3.29. The van der Waals surface area contributed by atoms with Gasteiger partial charge in [0.2, 0.25) is 0 Å². The smallest absolute Gasteiger partial charge is 0.194 e. The minimum absolute atomic E-state index is 0.0144. The third-order valence-corrected chi connectivity index (χ3v) is 3.07. The number of benzene rings is 1. The summed E-state index contributed by atoms with van der Waals surface area (Å²) in [7, 11) is 0. The molecule has 0 saturated heterocycles. The molecule has 2 rings (SSSR count). The molecule has 112 valence electrons. The van der Waals surface area contributed by atoms with Crippen LogP contribution in [0.15, 0.2) is 24.5 Å². The van der Waals surface area contributed by atoms with Crippen LogP contribution in [0.3, 0.4) is 0 Å². The first kappa shape index (κ1) is 15.4. The molecule has 0 saturated carbocycles. The summed E-state index contributed by atoms with van der Waals surface area (Å²) >= 11 is 0. The van der Waals surface area contributed by atoms with Gasteiger partial charge in [-0.25, -0.2) is 13.2 Å². The highest BCUT2D eigenvalue weighted by molar-refractivity contribution is 5.29. The molecule has 0 amide bonds. The second-order valence-corrected chi connectivity index (χ2v) is 4.73. The third kappa shape index (κ3) is 3.39. The van der Waals surface area contributed by atoms with Gasteiger partial charge in [0, 0.05) is 11.8 Å². The fraction of sp³-hybridized carbons (Fsp3) is 0.333. The fourth-order valence-corrected chi connectivity index (χ4v) is 1.98. The van der Waals surface area contributed by atoms with Crippen LogP contribution in [0, 0.1) is 24.4 Å². The molecule has 1 atom stereocenters. The summed E-state index contributed by atoms with van der Waals surface area (Å²) < 4.78 is 40.5. The van der Waals surface area contributed by atoms with Crippen LogP contribution in [0.1, 0.15) is 36.3 Å². The molecule has 1 heterocycles. The van der Waals surface area contributed by atoms with Gasteiger partial charge in [-0.15, -0.1) is 0 Å². The Morgan fingerprint density at radius 1 is 1.10 bits per heavy atom. The molecular formula is C15H16F3N3. The maximum absolute atomic E-state index is 14.0. The summed E-state index contributed by atoms with van der Waals surface area (Å²) in [5.41, 5.74) is 1.19. The van der Waals surface area contributed by atoms with Crippen LogP contribution in [0.4, 0.5) is 13.2 Å². The van der Waals surface area contributed by atoms with Crippen molar-refractivity contribution in [1.82, 2.24) is 15.3 Å². The second kappa shape index (κ2) is 6.67. The van der Waals surface area contributed by atoms with Gasteiger partial charge in [0.1, 0.15) is 0 Å². The Balaban J connectivity index is 2.45. The van der Waals surface area contributed by atoms with E-state index in [0.29, 0.717) is 12.2 Å². The molecule has 0 aliphatic heterocycles. The van der Waals surface area contributed by atoms with E-state index in [1.54, 1.807) is 13.1 Å². The lowest BCUT2D eigenvalue weighted by Gasteiger charge is -2.19. The van der Waals surface area contributed by atoms with E-state index in [-0.39, 0.29) is 5.56 Å². The molecule has 0 aliphatic rings. The van der Waals surface area contributed by atoms with Gasteiger partial charge in [-0.3, -0.25) is 9.97 Å². The SMILES string of the molecule is CCCNC(c1cnc(C)cn1)c1ccc(F)c(F)c1F. The lowest BCUT2D eigenvalue weighted by atomic mass is 10.0. The van der Waals surface area contributed by atoms with Crippen LogP contribution in [-0.2, 0) is 0 Å². The highest BCUT2D eigenvalue weighted by Crippen LogP contribution is 2.25. The molecule has 0 fully saturated rings. The molecule has 1 N–H and O–H groups in total. The topological polar surface area (TPSA) is 37.8 Å². The first-order chi connectivity index (χ1) is 10.0. The van der Waals surface area contributed by atoms with Gasteiger partial charge in [0.25, 0.3) is 0 Å². The maximum atomic E-state index is 14.0. The van der Waals surface area contributed by atoms with Crippen molar-refractivity contribution < 1.29 is 13.2 Å². The third-order valence-electron chi connectivity index (χ3n) is 3.07. The Labute approximate surface area is 121 Å². The van der Waals surface area contributed by atoms with Crippen LogP contribution in [-0.4, -0.2) is 16.5 Å². The fourth-order valence-electron chi connectivity index (χ4n) is 1.98. The summed E-state index contributed by atoms with van der Waals surface area (Å²) in [5.74, 6) is -3.89. The molecule has 1 aromatic heterocycles. The normalized spacial score (nSPS) is 12.4. The Kier molecular flexibility index (Phi) is 4.90. The van der Waals surface area contributed by atoms with Crippen LogP contribution in [0.25, 0.3) is 0 Å².